The minimum absolute atomic E-state index is 0.265. The highest BCUT2D eigenvalue weighted by molar-refractivity contribution is 6.68. The molecule has 0 atom stereocenters. The van der Waals surface area contributed by atoms with Crippen LogP contribution in [0.25, 0.3) is 0 Å². The Balaban J connectivity index is 3.41. The average molecular weight is 222 g/mol. The summed E-state index contributed by atoms with van der Waals surface area (Å²) in [6, 6.07) is 0. The molecule has 0 saturated heterocycles. The van der Waals surface area contributed by atoms with Crippen LogP contribution in [-0.2, 0) is 0 Å². The van der Waals surface area contributed by atoms with E-state index in [2.05, 4.69) is 4.98 Å². The fourth-order valence-electron chi connectivity index (χ4n) is 0.956. The largest absolute Gasteiger partial charge is 0.397 e. The van der Waals surface area contributed by atoms with Crippen molar-refractivity contribution >= 4 is 28.2 Å². The van der Waals surface area contributed by atoms with Crippen LogP contribution in [0.15, 0.2) is 6.20 Å². The molecule has 0 spiro atoms. The molecule has 0 radical (unpaired) electrons. The molecule has 4 N–H and O–H groups in total. The van der Waals surface area contributed by atoms with Crippen LogP contribution < -0.4 is 11.5 Å². The average Bonchev–Trinajstić information content (AvgIpc) is 2.02. The smallest absolute Gasteiger partial charge is 0.272 e. The Labute approximate surface area is 82.9 Å². The third-order valence-electron chi connectivity index (χ3n) is 1.59. The number of aromatic nitrogens is 1. The SMILES string of the molecule is Nc1cnc(C(=O)Cl)c(N)c1C(F)F. The number of anilines is 2. The van der Waals surface area contributed by atoms with E-state index in [-0.39, 0.29) is 5.69 Å². The van der Waals surface area contributed by atoms with Gasteiger partial charge in [0.2, 0.25) is 0 Å². The number of carbonyl (C=O) groups excluding carboxylic acids is 1. The van der Waals surface area contributed by atoms with Crippen molar-refractivity contribution in [1.29, 1.82) is 0 Å². The van der Waals surface area contributed by atoms with Crippen molar-refractivity contribution in [2.24, 2.45) is 0 Å². The van der Waals surface area contributed by atoms with Crippen molar-refractivity contribution in [3.05, 3.63) is 17.5 Å². The van der Waals surface area contributed by atoms with Gasteiger partial charge in [-0.25, -0.2) is 13.8 Å². The normalized spacial score (nSPS) is 10.6. The number of nitrogens with two attached hydrogens (primary N) is 2. The van der Waals surface area contributed by atoms with Crippen molar-refractivity contribution in [1.82, 2.24) is 4.98 Å². The van der Waals surface area contributed by atoms with Crippen LogP contribution in [0, 0.1) is 0 Å². The lowest BCUT2D eigenvalue weighted by Gasteiger charge is -2.09. The molecule has 0 aliphatic carbocycles. The number of hydrogen-bond donors (Lipinski definition) is 2. The Morgan fingerprint density at radius 2 is 2.07 bits per heavy atom. The zero-order valence-electron chi connectivity index (χ0n) is 6.80. The number of nitrogen functional groups attached to an aromatic ring is 2. The molecule has 0 fully saturated rings. The highest BCUT2D eigenvalue weighted by Gasteiger charge is 2.21. The number of halogens is 3. The van der Waals surface area contributed by atoms with Crippen LogP contribution >= 0.6 is 11.6 Å². The molecule has 14 heavy (non-hydrogen) atoms. The van der Waals surface area contributed by atoms with Crippen molar-refractivity contribution in [3.63, 3.8) is 0 Å². The summed E-state index contributed by atoms with van der Waals surface area (Å²) in [7, 11) is 0. The van der Waals surface area contributed by atoms with Crippen LogP contribution in [-0.4, -0.2) is 10.2 Å². The van der Waals surface area contributed by atoms with Crippen LogP contribution in [0.1, 0.15) is 22.5 Å². The predicted octanol–water partition coefficient (Wildman–Crippen LogP) is 1.56. The van der Waals surface area contributed by atoms with Crippen molar-refractivity contribution in [2.45, 2.75) is 6.43 Å². The molecule has 1 rings (SSSR count). The topological polar surface area (TPSA) is 82.0 Å². The summed E-state index contributed by atoms with van der Waals surface area (Å²) < 4.78 is 24.8. The van der Waals surface area contributed by atoms with E-state index >= 15 is 0 Å². The molecular weight excluding hydrogens is 216 g/mol. The molecule has 0 aliphatic heterocycles. The van der Waals surface area contributed by atoms with Gasteiger partial charge in [-0.15, -0.1) is 0 Å². The quantitative estimate of drug-likeness (QED) is 0.743. The number of pyridine rings is 1. The van der Waals surface area contributed by atoms with E-state index in [4.69, 9.17) is 23.1 Å². The number of rotatable bonds is 2. The maximum Gasteiger partial charge on any atom is 0.272 e. The van der Waals surface area contributed by atoms with E-state index in [0.29, 0.717) is 0 Å². The van der Waals surface area contributed by atoms with Crippen LogP contribution in [0.2, 0.25) is 0 Å². The van der Waals surface area contributed by atoms with E-state index in [1.807, 2.05) is 0 Å². The van der Waals surface area contributed by atoms with Gasteiger partial charge in [0.25, 0.3) is 11.7 Å². The molecule has 4 nitrogen and oxygen atoms in total. The summed E-state index contributed by atoms with van der Waals surface area (Å²) in [5.74, 6) is 0. The minimum Gasteiger partial charge on any atom is -0.397 e. The molecule has 1 heterocycles. The number of hydrogen-bond acceptors (Lipinski definition) is 4. The van der Waals surface area contributed by atoms with E-state index in [0.717, 1.165) is 6.20 Å². The van der Waals surface area contributed by atoms with Gasteiger partial charge >= 0.3 is 0 Å². The second kappa shape index (κ2) is 3.75. The first kappa shape index (κ1) is 10.6. The first-order chi connectivity index (χ1) is 6.45. The van der Waals surface area contributed by atoms with Gasteiger partial charge in [0.15, 0.2) is 0 Å². The van der Waals surface area contributed by atoms with E-state index < -0.39 is 28.6 Å². The maximum atomic E-state index is 12.4. The van der Waals surface area contributed by atoms with Crippen LogP contribution in [0.4, 0.5) is 20.2 Å². The molecule has 7 heteroatoms. The summed E-state index contributed by atoms with van der Waals surface area (Å²) in [4.78, 5) is 14.1. The number of alkyl halides is 2. The first-order valence-corrected chi connectivity index (χ1v) is 3.84. The summed E-state index contributed by atoms with van der Waals surface area (Å²) in [5.41, 5.74) is 8.72. The molecule has 1 aromatic rings. The van der Waals surface area contributed by atoms with Gasteiger partial charge in [0.1, 0.15) is 5.69 Å². The van der Waals surface area contributed by atoms with Gasteiger partial charge in [0.05, 0.1) is 23.1 Å². The molecule has 0 aliphatic rings. The molecule has 0 aromatic carbocycles. The molecule has 1 aromatic heterocycles. The maximum absolute atomic E-state index is 12.4. The van der Waals surface area contributed by atoms with Crippen molar-refractivity contribution in [3.8, 4) is 0 Å². The third-order valence-corrected chi connectivity index (χ3v) is 1.77. The Morgan fingerprint density at radius 1 is 1.50 bits per heavy atom. The highest BCUT2D eigenvalue weighted by Crippen LogP contribution is 2.31. The van der Waals surface area contributed by atoms with Crippen LogP contribution in [0.5, 0.6) is 0 Å². The number of nitrogens with zero attached hydrogens (tertiary/aromatic N) is 1. The second-order valence-electron chi connectivity index (χ2n) is 2.46. The summed E-state index contributed by atoms with van der Waals surface area (Å²) >= 11 is 5.07. The van der Waals surface area contributed by atoms with Crippen molar-refractivity contribution < 1.29 is 13.6 Å². The molecule has 0 amide bonds. The summed E-state index contributed by atoms with van der Waals surface area (Å²) in [6.45, 7) is 0. The lowest BCUT2D eigenvalue weighted by atomic mass is 10.1. The zero-order valence-corrected chi connectivity index (χ0v) is 7.55. The lowest BCUT2D eigenvalue weighted by Crippen LogP contribution is -2.08. The molecular formula is C7H6ClF2N3O. The monoisotopic (exact) mass is 221 g/mol. The van der Waals surface area contributed by atoms with E-state index in [9.17, 15) is 13.6 Å². The van der Waals surface area contributed by atoms with Crippen molar-refractivity contribution in [2.75, 3.05) is 11.5 Å². The van der Waals surface area contributed by atoms with Gasteiger partial charge in [0, 0.05) is 0 Å². The second-order valence-corrected chi connectivity index (χ2v) is 2.81. The predicted molar refractivity (Wildman–Crippen MR) is 48.2 cm³/mol. The lowest BCUT2D eigenvalue weighted by molar-refractivity contribution is 0.107. The van der Waals surface area contributed by atoms with Gasteiger partial charge in [-0.2, -0.15) is 0 Å². The molecule has 0 saturated carbocycles. The van der Waals surface area contributed by atoms with Gasteiger partial charge in [-0.3, -0.25) is 4.79 Å². The van der Waals surface area contributed by atoms with Gasteiger partial charge in [-0.05, 0) is 11.6 Å². The minimum atomic E-state index is -2.87. The van der Waals surface area contributed by atoms with Gasteiger partial charge in [-0.1, -0.05) is 0 Å². The van der Waals surface area contributed by atoms with E-state index in [1.54, 1.807) is 0 Å². The highest BCUT2D eigenvalue weighted by atomic mass is 35.5. The molecule has 0 bridgehead atoms. The molecule has 76 valence electrons. The Hall–Kier alpha value is -1.43. The molecule has 0 unspecified atom stereocenters. The Kier molecular flexibility index (Phi) is 2.85. The van der Waals surface area contributed by atoms with Crippen LogP contribution in [0.3, 0.4) is 0 Å². The third kappa shape index (κ3) is 1.74. The Bertz CT molecular complexity index is 383. The fraction of sp³-hybridized carbons (Fsp3) is 0.143. The Morgan fingerprint density at radius 3 is 2.50 bits per heavy atom. The standard InChI is InChI=1S/C7H6ClF2N3O/c8-6(14)5-4(12)3(7(9)10)2(11)1-13-5/h1,7H,11-12H2. The van der Waals surface area contributed by atoms with Gasteiger partial charge < -0.3 is 11.5 Å². The summed E-state index contributed by atoms with van der Waals surface area (Å²) in [5, 5.41) is -0.996. The summed E-state index contributed by atoms with van der Waals surface area (Å²) in [6.07, 6.45) is -1.94. The first-order valence-electron chi connectivity index (χ1n) is 3.47. The number of carbonyl (C=O) groups is 1. The van der Waals surface area contributed by atoms with E-state index in [1.165, 1.54) is 0 Å². The zero-order chi connectivity index (χ0) is 10.9. The fourth-order valence-corrected chi connectivity index (χ4v) is 1.11.